The van der Waals surface area contributed by atoms with Gasteiger partial charge in [0.1, 0.15) is 0 Å². The van der Waals surface area contributed by atoms with Gasteiger partial charge < -0.3 is 9.63 Å². The van der Waals surface area contributed by atoms with Crippen LogP contribution in [0.15, 0.2) is 71.3 Å². The van der Waals surface area contributed by atoms with E-state index in [-0.39, 0.29) is 5.92 Å². The highest BCUT2D eigenvalue weighted by Gasteiger charge is 2.14. The quantitative estimate of drug-likeness (QED) is 0.329. The van der Waals surface area contributed by atoms with Crippen molar-refractivity contribution in [2.75, 3.05) is 0 Å². The Hall–Kier alpha value is -3.73. The lowest BCUT2D eigenvalue weighted by atomic mass is 9.95. The van der Waals surface area contributed by atoms with Crippen molar-refractivity contribution in [2.24, 2.45) is 5.92 Å². The summed E-state index contributed by atoms with van der Waals surface area (Å²) in [6.45, 7) is 5.96. The van der Waals surface area contributed by atoms with Gasteiger partial charge in [0, 0.05) is 11.1 Å². The Kier molecular flexibility index (Phi) is 6.68. The topological polar surface area (TPSA) is 76.2 Å². The van der Waals surface area contributed by atoms with Crippen LogP contribution < -0.4 is 0 Å². The second-order valence-electron chi connectivity index (χ2n) is 8.60. The molecule has 1 N–H and O–H groups in total. The minimum atomic E-state index is -0.745. The molecule has 0 aliphatic carbocycles. The molecule has 0 radical (unpaired) electrons. The van der Waals surface area contributed by atoms with Crippen LogP contribution in [0.1, 0.15) is 36.5 Å². The van der Waals surface area contributed by atoms with E-state index in [1.165, 1.54) is 16.7 Å². The highest BCUT2D eigenvalue weighted by Crippen LogP contribution is 2.30. The molecule has 1 heterocycles. The summed E-state index contributed by atoms with van der Waals surface area (Å²) in [6.07, 6.45) is 2.29. The monoisotopic (exact) mass is 440 g/mol. The molecule has 1 aromatic heterocycles. The fourth-order valence-electron chi connectivity index (χ4n) is 4.03. The Morgan fingerprint density at radius 2 is 1.73 bits per heavy atom. The van der Waals surface area contributed by atoms with Gasteiger partial charge in [-0.05, 0) is 79.1 Å². The normalized spacial score (nSPS) is 12.0. The van der Waals surface area contributed by atoms with Crippen LogP contribution in [0.3, 0.4) is 0 Å². The number of aliphatic carboxylic acids is 1. The van der Waals surface area contributed by atoms with Crippen molar-refractivity contribution in [1.82, 2.24) is 10.1 Å². The van der Waals surface area contributed by atoms with Gasteiger partial charge in [-0.15, -0.1) is 0 Å². The van der Waals surface area contributed by atoms with E-state index in [2.05, 4.69) is 54.3 Å². The number of aromatic nitrogens is 2. The molecule has 0 aliphatic heterocycles. The van der Waals surface area contributed by atoms with E-state index in [1.54, 1.807) is 6.92 Å². The Bertz CT molecular complexity index is 1280. The van der Waals surface area contributed by atoms with Crippen LogP contribution in [0.4, 0.5) is 0 Å². The number of benzene rings is 3. The Morgan fingerprint density at radius 1 is 0.939 bits per heavy atom. The maximum Gasteiger partial charge on any atom is 0.306 e. The minimum absolute atomic E-state index is 0.325. The van der Waals surface area contributed by atoms with Gasteiger partial charge in [0.15, 0.2) is 0 Å². The SMILES string of the molecule is Cc1ccccc1-c1ccc(-c2nc(-c3cccc(CCC[C@@H](C)C(=O)O)c3)no2)cc1C. The van der Waals surface area contributed by atoms with Crippen LogP contribution in [0, 0.1) is 19.8 Å². The summed E-state index contributed by atoms with van der Waals surface area (Å²) in [5.41, 5.74) is 7.73. The van der Waals surface area contributed by atoms with Crippen LogP contribution in [0.5, 0.6) is 0 Å². The van der Waals surface area contributed by atoms with Gasteiger partial charge in [-0.25, -0.2) is 0 Å². The number of nitrogens with zero attached hydrogens (tertiary/aromatic N) is 2. The zero-order valence-corrected chi connectivity index (χ0v) is 19.2. The second kappa shape index (κ2) is 9.82. The molecule has 0 aliphatic rings. The van der Waals surface area contributed by atoms with Gasteiger partial charge in [0.05, 0.1) is 5.92 Å². The first-order valence-electron chi connectivity index (χ1n) is 11.2. The van der Waals surface area contributed by atoms with E-state index in [0.717, 1.165) is 35.1 Å². The van der Waals surface area contributed by atoms with Gasteiger partial charge in [-0.3, -0.25) is 4.79 Å². The van der Waals surface area contributed by atoms with E-state index in [0.29, 0.717) is 18.1 Å². The van der Waals surface area contributed by atoms with Gasteiger partial charge in [0.25, 0.3) is 5.89 Å². The van der Waals surface area contributed by atoms with Crippen molar-refractivity contribution in [2.45, 2.75) is 40.0 Å². The summed E-state index contributed by atoms with van der Waals surface area (Å²) in [6, 6.07) is 22.6. The highest BCUT2D eigenvalue weighted by molar-refractivity contribution is 5.73. The van der Waals surface area contributed by atoms with Crippen LogP contribution >= 0.6 is 0 Å². The highest BCUT2D eigenvalue weighted by atomic mass is 16.5. The van der Waals surface area contributed by atoms with E-state index in [4.69, 9.17) is 9.63 Å². The smallest absolute Gasteiger partial charge is 0.306 e. The molecule has 4 aromatic rings. The number of aryl methyl sites for hydroxylation is 3. The molecule has 0 amide bonds. The molecule has 5 nitrogen and oxygen atoms in total. The molecule has 5 heteroatoms. The number of carbonyl (C=O) groups is 1. The first-order valence-corrected chi connectivity index (χ1v) is 11.2. The summed E-state index contributed by atoms with van der Waals surface area (Å²) in [7, 11) is 0. The molecule has 0 unspecified atom stereocenters. The van der Waals surface area contributed by atoms with Crippen molar-refractivity contribution >= 4 is 5.97 Å². The van der Waals surface area contributed by atoms with Crippen molar-refractivity contribution in [3.05, 3.63) is 83.4 Å². The molecule has 4 rings (SSSR count). The van der Waals surface area contributed by atoms with Crippen LogP contribution in [0.25, 0.3) is 34.0 Å². The van der Waals surface area contributed by atoms with Crippen molar-refractivity contribution in [3.8, 4) is 34.0 Å². The van der Waals surface area contributed by atoms with Crippen LogP contribution in [-0.2, 0) is 11.2 Å². The molecule has 168 valence electrons. The van der Waals surface area contributed by atoms with Gasteiger partial charge in [0.2, 0.25) is 5.82 Å². The minimum Gasteiger partial charge on any atom is -0.481 e. The fraction of sp³-hybridized carbons (Fsp3) is 0.250. The summed E-state index contributed by atoms with van der Waals surface area (Å²) in [5, 5.41) is 13.2. The predicted octanol–water partition coefficient (Wildman–Crippen LogP) is 6.73. The number of carboxylic acids is 1. The van der Waals surface area contributed by atoms with E-state index in [9.17, 15) is 4.79 Å². The van der Waals surface area contributed by atoms with E-state index < -0.39 is 5.97 Å². The Balaban J connectivity index is 1.51. The van der Waals surface area contributed by atoms with Gasteiger partial charge in [-0.2, -0.15) is 4.98 Å². The van der Waals surface area contributed by atoms with E-state index in [1.807, 2.05) is 36.4 Å². The molecular weight excluding hydrogens is 412 g/mol. The summed E-state index contributed by atoms with van der Waals surface area (Å²) >= 11 is 0. The lowest BCUT2D eigenvalue weighted by Gasteiger charge is -2.10. The molecule has 3 aromatic carbocycles. The standard InChI is InChI=1S/C28H28N2O3/c1-18-8-4-5-13-24(18)25-15-14-23(16-20(25)3)27-29-26(30-33-27)22-12-7-11-21(17-22)10-6-9-19(2)28(31)32/h4-5,7-8,11-17,19H,6,9-10H2,1-3H3,(H,31,32)/t19-/m1/s1. The maximum absolute atomic E-state index is 11.0. The maximum atomic E-state index is 11.0. The first kappa shape index (κ1) is 22.5. The zero-order chi connectivity index (χ0) is 23.4. The third-order valence-electron chi connectivity index (χ3n) is 6.04. The number of hydrogen-bond donors (Lipinski definition) is 1. The van der Waals surface area contributed by atoms with Crippen molar-refractivity contribution in [1.29, 1.82) is 0 Å². The van der Waals surface area contributed by atoms with Crippen molar-refractivity contribution in [3.63, 3.8) is 0 Å². The average molecular weight is 441 g/mol. The average Bonchev–Trinajstić information content (AvgIpc) is 3.30. The Labute approximate surface area is 194 Å². The summed E-state index contributed by atoms with van der Waals surface area (Å²) in [4.78, 5) is 15.6. The molecule has 0 fully saturated rings. The summed E-state index contributed by atoms with van der Waals surface area (Å²) in [5.74, 6) is -0.0321. The second-order valence-corrected chi connectivity index (χ2v) is 8.60. The Morgan fingerprint density at radius 3 is 2.48 bits per heavy atom. The first-order chi connectivity index (χ1) is 15.9. The van der Waals surface area contributed by atoms with Gasteiger partial charge in [-0.1, -0.05) is 60.6 Å². The molecule has 0 bridgehead atoms. The predicted molar refractivity (Wildman–Crippen MR) is 130 cm³/mol. The fourth-order valence-corrected chi connectivity index (χ4v) is 4.03. The lowest BCUT2D eigenvalue weighted by Crippen LogP contribution is -2.09. The van der Waals surface area contributed by atoms with Crippen LogP contribution in [0.2, 0.25) is 0 Å². The van der Waals surface area contributed by atoms with Crippen molar-refractivity contribution < 1.29 is 14.4 Å². The molecule has 0 saturated carbocycles. The number of hydrogen-bond acceptors (Lipinski definition) is 4. The molecule has 33 heavy (non-hydrogen) atoms. The molecular formula is C28H28N2O3. The van der Waals surface area contributed by atoms with Crippen LogP contribution in [-0.4, -0.2) is 21.2 Å². The largest absolute Gasteiger partial charge is 0.481 e. The summed E-state index contributed by atoms with van der Waals surface area (Å²) < 4.78 is 5.58. The van der Waals surface area contributed by atoms with Gasteiger partial charge >= 0.3 is 5.97 Å². The molecule has 0 spiro atoms. The van der Waals surface area contributed by atoms with E-state index >= 15 is 0 Å². The number of rotatable bonds is 8. The molecule has 1 atom stereocenters. The number of carboxylic acid groups (broad SMARTS) is 1. The lowest BCUT2D eigenvalue weighted by molar-refractivity contribution is -0.141. The molecule has 0 saturated heterocycles. The zero-order valence-electron chi connectivity index (χ0n) is 19.2. The third-order valence-corrected chi connectivity index (χ3v) is 6.04. The third kappa shape index (κ3) is 5.20.